The number of hydroxylamine groups is 1. The summed E-state index contributed by atoms with van der Waals surface area (Å²) in [6, 6.07) is 13.9. The number of para-hydroxylation sites is 1. The number of carbonyl (C=O) groups excluding carboxylic acids is 2. The summed E-state index contributed by atoms with van der Waals surface area (Å²) in [4.78, 5) is 26.5. The van der Waals surface area contributed by atoms with Crippen LogP contribution in [0.4, 0.5) is 0 Å². The molecule has 1 aliphatic rings. The largest absolute Gasteiger partial charge is 0.492 e. The highest BCUT2D eigenvalue weighted by Gasteiger charge is 2.23. The van der Waals surface area contributed by atoms with Crippen molar-refractivity contribution in [2.24, 2.45) is 0 Å². The van der Waals surface area contributed by atoms with E-state index in [9.17, 15) is 9.59 Å². The Morgan fingerprint density at radius 2 is 1.78 bits per heavy atom. The van der Waals surface area contributed by atoms with Gasteiger partial charge in [-0.15, -0.1) is 0 Å². The summed E-state index contributed by atoms with van der Waals surface area (Å²) in [6.07, 6.45) is 0. The normalized spacial score (nSPS) is 14.3. The highest BCUT2D eigenvalue weighted by Crippen LogP contribution is 2.27. The Kier molecular flexibility index (Phi) is 7.00. The van der Waals surface area contributed by atoms with Crippen LogP contribution in [0.15, 0.2) is 52.9 Å². The van der Waals surface area contributed by atoms with Gasteiger partial charge in [-0.2, -0.15) is 0 Å². The minimum Gasteiger partial charge on any atom is -0.492 e. The molecule has 0 bridgehead atoms. The van der Waals surface area contributed by atoms with Crippen molar-refractivity contribution in [3.63, 3.8) is 0 Å². The summed E-state index contributed by atoms with van der Waals surface area (Å²) in [5.74, 6) is -0.0203. The maximum absolute atomic E-state index is 12.9. The van der Waals surface area contributed by atoms with E-state index in [4.69, 9.17) is 19.1 Å². The van der Waals surface area contributed by atoms with E-state index in [2.05, 4.69) is 10.2 Å². The van der Waals surface area contributed by atoms with Gasteiger partial charge in [-0.05, 0) is 30.3 Å². The Morgan fingerprint density at radius 3 is 2.53 bits per heavy atom. The molecule has 32 heavy (non-hydrogen) atoms. The number of morpholine rings is 1. The van der Waals surface area contributed by atoms with Crippen molar-refractivity contribution in [1.82, 2.24) is 15.7 Å². The first-order chi connectivity index (χ1) is 15.7. The molecule has 4 rings (SSSR count). The monoisotopic (exact) mass is 439 g/mol. The third-order valence-electron chi connectivity index (χ3n) is 5.26. The van der Waals surface area contributed by atoms with Crippen molar-refractivity contribution in [2.75, 3.05) is 39.5 Å². The number of hydrogen-bond acceptors (Lipinski definition) is 7. The zero-order valence-electron chi connectivity index (χ0n) is 17.5. The number of furan rings is 1. The predicted molar refractivity (Wildman–Crippen MR) is 116 cm³/mol. The molecular weight excluding hydrogens is 414 g/mol. The van der Waals surface area contributed by atoms with Crippen molar-refractivity contribution < 1.29 is 28.7 Å². The first-order valence-corrected chi connectivity index (χ1v) is 10.4. The van der Waals surface area contributed by atoms with Gasteiger partial charge in [0.2, 0.25) is 0 Å². The van der Waals surface area contributed by atoms with Crippen molar-refractivity contribution in [2.45, 2.75) is 6.54 Å². The minimum atomic E-state index is -0.595. The summed E-state index contributed by atoms with van der Waals surface area (Å²) < 4.78 is 16.9. The molecule has 0 atom stereocenters. The average Bonchev–Trinajstić information content (AvgIpc) is 3.20. The van der Waals surface area contributed by atoms with Crippen LogP contribution in [0.3, 0.4) is 0 Å². The maximum atomic E-state index is 12.9. The van der Waals surface area contributed by atoms with Gasteiger partial charge in [0.1, 0.15) is 17.9 Å². The van der Waals surface area contributed by atoms with E-state index >= 15 is 0 Å². The first kappa shape index (κ1) is 21.8. The third kappa shape index (κ3) is 5.08. The lowest BCUT2D eigenvalue weighted by Gasteiger charge is -2.26. The summed E-state index contributed by atoms with van der Waals surface area (Å²) in [7, 11) is 0. The summed E-state index contributed by atoms with van der Waals surface area (Å²) in [6.45, 7) is 4.14. The molecule has 2 amide bonds. The Hall–Kier alpha value is -3.40. The summed E-state index contributed by atoms with van der Waals surface area (Å²) >= 11 is 0. The van der Waals surface area contributed by atoms with Gasteiger partial charge in [0.05, 0.1) is 19.8 Å². The molecule has 1 aromatic heterocycles. The van der Waals surface area contributed by atoms with Gasteiger partial charge in [0.15, 0.2) is 5.76 Å². The Morgan fingerprint density at radius 1 is 1.03 bits per heavy atom. The number of nitrogens with zero attached hydrogens (tertiary/aromatic N) is 1. The van der Waals surface area contributed by atoms with Gasteiger partial charge in [0, 0.05) is 36.1 Å². The number of amides is 2. The van der Waals surface area contributed by atoms with E-state index < -0.39 is 5.91 Å². The van der Waals surface area contributed by atoms with Crippen molar-refractivity contribution in [3.05, 3.63) is 65.4 Å². The number of ether oxygens (including phenoxy) is 2. The van der Waals surface area contributed by atoms with Gasteiger partial charge in [-0.25, -0.2) is 5.48 Å². The molecule has 2 heterocycles. The van der Waals surface area contributed by atoms with Crippen LogP contribution in [-0.4, -0.2) is 61.4 Å². The van der Waals surface area contributed by atoms with Crippen LogP contribution in [0.1, 0.15) is 26.5 Å². The van der Waals surface area contributed by atoms with Crippen LogP contribution >= 0.6 is 0 Å². The molecule has 0 aliphatic carbocycles. The third-order valence-corrected chi connectivity index (χ3v) is 5.26. The van der Waals surface area contributed by atoms with Crippen molar-refractivity contribution in [1.29, 1.82) is 0 Å². The minimum absolute atomic E-state index is 0.246. The van der Waals surface area contributed by atoms with Crippen LogP contribution in [-0.2, 0) is 11.3 Å². The zero-order chi connectivity index (χ0) is 22.3. The smallest absolute Gasteiger partial charge is 0.287 e. The fraction of sp³-hybridized carbons (Fsp3) is 0.304. The molecule has 0 unspecified atom stereocenters. The second-order valence-corrected chi connectivity index (χ2v) is 7.36. The van der Waals surface area contributed by atoms with E-state index in [1.807, 2.05) is 24.3 Å². The highest BCUT2D eigenvalue weighted by atomic mass is 16.5. The Bertz CT molecular complexity index is 1070. The molecule has 9 nitrogen and oxygen atoms in total. The first-order valence-electron chi connectivity index (χ1n) is 10.4. The Labute approximate surface area is 184 Å². The second kappa shape index (κ2) is 10.3. The van der Waals surface area contributed by atoms with Crippen molar-refractivity contribution >= 4 is 22.8 Å². The van der Waals surface area contributed by atoms with Crippen LogP contribution < -0.4 is 15.5 Å². The number of nitrogens with one attached hydrogen (secondary N) is 2. The molecular formula is C23H25N3O6. The molecule has 1 fully saturated rings. The van der Waals surface area contributed by atoms with Gasteiger partial charge < -0.3 is 19.2 Å². The van der Waals surface area contributed by atoms with E-state index in [1.54, 1.807) is 17.6 Å². The molecule has 0 radical (unpaired) electrons. The van der Waals surface area contributed by atoms with Gasteiger partial charge in [0.25, 0.3) is 11.8 Å². The fourth-order valence-corrected chi connectivity index (χ4v) is 3.60. The molecule has 3 aromatic rings. The second-order valence-electron chi connectivity index (χ2n) is 7.36. The number of rotatable bonds is 8. The molecule has 0 saturated carbocycles. The number of fused-ring (bicyclic) bond motifs is 1. The molecule has 168 valence electrons. The SMILES string of the molecule is O=C(NO)c1ccc(OCCNC(=O)c2oc3ccccc3c2CN2CCOCC2)cc1. The van der Waals surface area contributed by atoms with E-state index in [1.165, 1.54) is 12.1 Å². The quantitative estimate of drug-likeness (QED) is 0.280. The number of benzene rings is 2. The molecule has 3 N–H and O–H groups in total. The maximum Gasteiger partial charge on any atom is 0.287 e. The van der Waals surface area contributed by atoms with Gasteiger partial charge in [-0.3, -0.25) is 19.7 Å². The van der Waals surface area contributed by atoms with Gasteiger partial charge in [-0.1, -0.05) is 18.2 Å². The van der Waals surface area contributed by atoms with Crippen LogP contribution in [0.5, 0.6) is 5.75 Å². The number of carbonyl (C=O) groups is 2. The Balaban J connectivity index is 1.37. The van der Waals surface area contributed by atoms with Crippen molar-refractivity contribution in [3.8, 4) is 5.75 Å². The number of hydrogen-bond donors (Lipinski definition) is 3. The zero-order valence-corrected chi connectivity index (χ0v) is 17.5. The molecule has 2 aromatic carbocycles. The van der Waals surface area contributed by atoms with Crippen LogP contribution in [0.2, 0.25) is 0 Å². The lowest BCUT2D eigenvalue weighted by atomic mass is 10.1. The highest BCUT2D eigenvalue weighted by molar-refractivity contribution is 5.99. The standard InChI is InChI=1S/C23H25N3O6/c27-22(25-29)16-5-7-17(8-6-16)31-12-9-24-23(28)21-19(15-26-10-13-30-14-11-26)18-3-1-2-4-20(18)32-21/h1-8,29H,9-15H2,(H,24,28)(H,25,27). The van der Waals surface area contributed by atoms with E-state index in [0.717, 1.165) is 24.0 Å². The van der Waals surface area contributed by atoms with Gasteiger partial charge >= 0.3 is 0 Å². The van der Waals surface area contributed by atoms with E-state index in [0.29, 0.717) is 42.4 Å². The molecule has 9 heteroatoms. The lowest BCUT2D eigenvalue weighted by Crippen LogP contribution is -2.36. The lowest BCUT2D eigenvalue weighted by molar-refractivity contribution is 0.0341. The summed E-state index contributed by atoms with van der Waals surface area (Å²) in [5.41, 5.74) is 3.44. The average molecular weight is 439 g/mol. The molecule has 1 saturated heterocycles. The van der Waals surface area contributed by atoms with Crippen LogP contribution in [0.25, 0.3) is 11.0 Å². The predicted octanol–water partition coefficient (Wildman–Crippen LogP) is 2.19. The topological polar surface area (TPSA) is 113 Å². The fourth-order valence-electron chi connectivity index (χ4n) is 3.60. The summed E-state index contributed by atoms with van der Waals surface area (Å²) in [5, 5.41) is 12.4. The van der Waals surface area contributed by atoms with Crippen LogP contribution in [0, 0.1) is 0 Å². The molecule has 0 spiro atoms. The van der Waals surface area contributed by atoms with E-state index in [-0.39, 0.29) is 19.1 Å². The molecule has 1 aliphatic heterocycles.